The van der Waals surface area contributed by atoms with Gasteiger partial charge in [-0.2, -0.15) is 0 Å². The number of nitrogens with two attached hydrogens (primary N) is 1. The fourth-order valence-electron chi connectivity index (χ4n) is 1.31. The molecule has 1 aromatic rings. The molecular formula is C10H12Br2FN. The van der Waals surface area contributed by atoms with Crippen molar-refractivity contribution in [2.45, 2.75) is 25.8 Å². The lowest BCUT2D eigenvalue weighted by atomic mass is 10.0. The van der Waals surface area contributed by atoms with Gasteiger partial charge in [0.25, 0.3) is 0 Å². The van der Waals surface area contributed by atoms with Crippen molar-refractivity contribution in [2.75, 3.05) is 0 Å². The highest BCUT2D eigenvalue weighted by atomic mass is 79.9. The molecule has 0 spiro atoms. The summed E-state index contributed by atoms with van der Waals surface area (Å²) < 4.78 is 14.9. The smallest absolute Gasteiger partial charge is 0.142 e. The van der Waals surface area contributed by atoms with E-state index in [0.717, 1.165) is 17.3 Å². The Bertz CT molecular complexity index is 328. The van der Waals surface area contributed by atoms with Crippen LogP contribution in [0.5, 0.6) is 0 Å². The lowest BCUT2D eigenvalue weighted by Crippen LogP contribution is -2.12. The Kier molecular flexibility index (Phi) is 4.54. The van der Waals surface area contributed by atoms with Crippen LogP contribution in [-0.2, 0) is 0 Å². The first-order chi connectivity index (χ1) is 6.56. The third kappa shape index (κ3) is 2.78. The van der Waals surface area contributed by atoms with Gasteiger partial charge in [0.15, 0.2) is 0 Å². The van der Waals surface area contributed by atoms with Crippen LogP contribution < -0.4 is 5.73 Å². The van der Waals surface area contributed by atoms with E-state index in [4.69, 9.17) is 5.73 Å². The first-order valence-corrected chi connectivity index (χ1v) is 6.05. The summed E-state index contributed by atoms with van der Waals surface area (Å²) in [6.07, 6.45) is 1.74. The average molecular weight is 325 g/mol. The molecule has 1 rings (SSSR count). The van der Waals surface area contributed by atoms with E-state index in [1.165, 1.54) is 0 Å². The zero-order valence-corrected chi connectivity index (χ0v) is 11.0. The topological polar surface area (TPSA) is 26.0 Å². The van der Waals surface area contributed by atoms with Gasteiger partial charge in [-0.1, -0.05) is 29.3 Å². The molecule has 0 heterocycles. The molecule has 1 nitrogen and oxygen atoms in total. The van der Waals surface area contributed by atoms with Crippen LogP contribution in [0.1, 0.15) is 31.4 Å². The molecule has 0 radical (unpaired) electrons. The molecule has 0 aliphatic heterocycles. The summed E-state index contributed by atoms with van der Waals surface area (Å²) in [6, 6.07) is 3.19. The maximum atomic E-state index is 13.6. The molecule has 0 aromatic heterocycles. The Morgan fingerprint density at radius 3 is 2.64 bits per heavy atom. The fourth-order valence-corrected chi connectivity index (χ4v) is 2.57. The van der Waals surface area contributed by atoms with E-state index in [2.05, 4.69) is 31.9 Å². The SMILES string of the molecule is CCCC(N)c1cc(Br)cc(Br)c1F. The quantitative estimate of drug-likeness (QED) is 0.830. The molecule has 0 aliphatic carbocycles. The first-order valence-electron chi connectivity index (χ1n) is 4.46. The van der Waals surface area contributed by atoms with Crippen molar-refractivity contribution >= 4 is 31.9 Å². The zero-order valence-electron chi connectivity index (χ0n) is 7.86. The standard InChI is InChI=1S/C10H12Br2FN/c1-2-3-9(14)7-4-6(11)5-8(12)10(7)13/h4-5,9H,2-3,14H2,1H3. The van der Waals surface area contributed by atoms with Gasteiger partial charge in [-0.3, -0.25) is 0 Å². The maximum Gasteiger partial charge on any atom is 0.142 e. The average Bonchev–Trinajstić information content (AvgIpc) is 2.11. The number of rotatable bonds is 3. The second kappa shape index (κ2) is 5.24. The molecule has 0 fully saturated rings. The summed E-state index contributed by atoms with van der Waals surface area (Å²) in [4.78, 5) is 0. The third-order valence-corrected chi connectivity index (χ3v) is 3.06. The minimum atomic E-state index is -0.255. The Morgan fingerprint density at radius 1 is 1.43 bits per heavy atom. The minimum Gasteiger partial charge on any atom is -0.324 e. The molecule has 1 atom stereocenters. The van der Waals surface area contributed by atoms with Crippen LogP contribution in [-0.4, -0.2) is 0 Å². The van der Waals surface area contributed by atoms with E-state index in [1.807, 2.05) is 6.92 Å². The van der Waals surface area contributed by atoms with Crippen LogP contribution in [0.15, 0.2) is 21.1 Å². The molecule has 14 heavy (non-hydrogen) atoms. The Morgan fingerprint density at radius 2 is 2.07 bits per heavy atom. The summed E-state index contributed by atoms with van der Waals surface area (Å²) in [5.41, 5.74) is 6.43. The van der Waals surface area contributed by atoms with Crippen LogP contribution >= 0.6 is 31.9 Å². The molecular weight excluding hydrogens is 313 g/mol. The summed E-state index contributed by atoms with van der Waals surface area (Å²) in [5, 5.41) is 0. The van der Waals surface area contributed by atoms with Gasteiger partial charge in [0.2, 0.25) is 0 Å². The highest BCUT2D eigenvalue weighted by Crippen LogP contribution is 2.29. The van der Waals surface area contributed by atoms with Gasteiger partial charge >= 0.3 is 0 Å². The predicted molar refractivity (Wildman–Crippen MR) is 63.6 cm³/mol. The van der Waals surface area contributed by atoms with Crippen molar-refractivity contribution < 1.29 is 4.39 Å². The predicted octanol–water partition coefficient (Wildman–Crippen LogP) is 4.15. The third-order valence-electron chi connectivity index (χ3n) is 2.02. The molecule has 0 amide bonds. The maximum absolute atomic E-state index is 13.6. The minimum absolute atomic E-state index is 0.228. The summed E-state index contributed by atoms with van der Waals surface area (Å²) in [6.45, 7) is 2.03. The highest BCUT2D eigenvalue weighted by molar-refractivity contribution is 9.11. The van der Waals surface area contributed by atoms with Gasteiger partial charge in [-0.15, -0.1) is 0 Å². The lowest BCUT2D eigenvalue weighted by Gasteiger charge is -2.13. The van der Waals surface area contributed by atoms with Crippen molar-refractivity contribution in [3.05, 3.63) is 32.5 Å². The van der Waals surface area contributed by atoms with Crippen molar-refractivity contribution in [1.29, 1.82) is 0 Å². The van der Waals surface area contributed by atoms with Crippen LogP contribution in [0.2, 0.25) is 0 Å². The van der Waals surface area contributed by atoms with E-state index in [-0.39, 0.29) is 11.9 Å². The fraction of sp³-hybridized carbons (Fsp3) is 0.400. The van der Waals surface area contributed by atoms with Crippen LogP contribution in [0.3, 0.4) is 0 Å². The second-order valence-electron chi connectivity index (χ2n) is 3.19. The van der Waals surface area contributed by atoms with Gasteiger partial charge in [0.1, 0.15) is 5.82 Å². The van der Waals surface area contributed by atoms with E-state index in [9.17, 15) is 4.39 Å². The summed E-state index contributed by atoms with van der Waals surface area (Å²) in [7, 11) is 0. The zero-order chi connectivity index (χ0) is 10.7. The summed E-state index contributed by atoms with van der Waals surface area (Å²) in [5.74, 6) is -0.255. The van der Waals surface area contributed by atoms with Crippen molar-refractivity contribution in [1.82, 2.24) is 0 Å². The Labute approximate surface area is 100 Å². The van der Waals surface area contributed by atoms with Gasteiger partial charge in [-0.05, 0) is 34.5 Å². The molecule has 78 valence electrons. The molecule has 1 aromatic carbocycles. The van der Waals surface area contributed by atoms with Crippen LogP contribution in [0, 0.1) is 5.82 Å². The number of halogens is 3. The lowest BCUT2D eigenvalue weighted by molar-refractivity contribution is 0.555. The molecule has 4 heteroatoms. The monoisotopic (exact) mass is 323 g/mol. The molecule has 0 saturated carbocycles. The Balaban J connectivity index is 3.07. The molecule has 0 aliphatic rings. The first kappa shape index (κ1) is 12.1. The van der Waals surface area contributed by atoms with E-state index >= 15 is 0 Å². The van der Waals surface area contributed by atoms with Crippen molar-refractivity contribution in [3.8, 4) is 0 Å². The van der Waals surface area contributed by atoms with Gasteiger partial charge in [-0.25, -0.2) is 4.39 Å². The molecule has 1 unspecified atom stereocenters. The normalized spacial score (nSPS) is 12.9. The number of hydrogen-bond donors (Lipinski definition) is 1. The largest absolute Gasteiger partial charge is 0.324 e. The number of hydrogen-bond acceptors (Lipinski definition) is 1. The van der Waals surface area contributed by atoms with Gasteiger partial charge in [0, 0.05) is 16.1 Å². The number of benzene rings is 1. The molecule has 0 bridgehead atoms. The molecule has 0 saturated heterocycles. The van der Waals surface area contributed by atoms with Crippen molar-refractivity contribution in [2.24, 2.45) is 5.73 Å². The Hall–Kier alpha value is 0.0700. The van der Waals surface area contributed by atoms with Crippen LogP contribution in [0.4, 0.5) is 4.39 Å². The van der Waals surface area contributed by atoms with E-state index in [0.29, 0.717) is 10.0 Å². The highest BCUT2D eigenvalue weighted by Gasteiger charge is 2.14. The van der Waals surface area contributed by atoms with Crippen LogP contribution in [0.25, 0.3) is 0 Å². The van der Waals surface area contributed by atoms with Gasteiger partial charge in [0.05, 0.1) is 4.47 Å². The second-order valence-corrected chi connectivity index (χ2v) is 4.96. The summed E-state index contributed by atoms with van der Waals surface area (Å²) >= 11 is 6.47. The van der Waals surface area contributed by atoms with Gasteiger partial charge < -0.3 is 5.73 Å². The molecule has 2 N–H and O–H groups in total. The van der Waals surface area contributed by atoms with Crippen molar-refractivity contribution in [3.63, 3.8) is 0 Å². The van der Waals surface area contributed by atoms with E-state index in [1.54, 1.807) is 12.1 Å². The van der Waals surface area contributed by atoms with E-state index < -0.39 is 0 Å².